The van der Waals surface area contributed by atoms with Crippen molar-refractivity contribution in [3.8, 4) is 5.88 Å². The van der Waals surface area contributed by atoms with E-state index in [9.17, 15) is 10.1 Å². The van der Waals surface area contributed by atoms with Gasteiger partial charge in [0.05, 0.1) is 12.0 Å². The molecule has 2 rings (SSSR count). The van der Waals surface area contributed by atoms with Crippen molar-refractivity contribution in [2.24, 2.45) is 0 Å². The summed E-state index contributed by atoms with van der Waals surface area (Å²) in [6.45, 7) is 0.313. The van der Waals surface area contributed by atoms with Crippen LogP contribution in [0.25, 0.3) is 0 Å². The van der Waals surface area contributed by atoms with Crippen molar-refractivity contribution < 1.29 is 9.66 Å². The molecule has 0 atom stereocenters. The van der Waals surface area contributed by atoms with Gasteiger partial charge >= 0.3 is 5.69 Å². The van der Waals surface area contributed by atoms with E-state index >= 15 is 0 Å². The third-order valence-corrected chi connectivity index (χ3v) is 2.71. The summed E-state index contributed by atoms with van der Waals surface area (Å²) in [5, 5.41) is 13.6. The third kappa shape index (κ3) is 3.09. The van der Waals surface area contributed by atoms with E-state index in [1.54, 1.807) is 18.3 Å². The predicted octanol–water partition coefficient (Wildman–Crippen LogP) is 2.05. The normalized spacial score (nSPS) is 10.1. The van der Waals surface area contributed by atoms with Gasteiger partial charge in [-0.3, -0.25) is 10.1 Å². The fourth-order valence-electron chi connectivity index (χ4n) is 1.51. The van der Waals surface area contributed by atoms with E-state index in [1.807, 2.05) is 0 Å². The maximum absolute atomic E-state index is 10.9. The summed E-state index contributed by atoms with van der Waals surface area (Å²) in [7, 11) is 1.51. The molecule has 8 nitrogen and oxygen atoms in total. The Kier molecular flexibility index (Phi) is 4.26. The van der Waals surface area contributed by atoms with Crippen LogP contribution in [0, 0.1) is 10.1 Å². The van der Waals surface area contributed by atoms with Crippen molar-refractivity contribution in [1.82, 2.24) is 15.0 Å². The van der Waals surface area contributed by atoms with Crippen LogP contribution in [-0.2, 0) is 6.54 Å². The average molecular weight is 296 g/mol. The van der Waals surface area contributed by atoms with E-state index in [0.29, 0.717) is 12.4 Å². The van der Waals surface area contributed by atoms with Gasteiger partial charge in [-0.2, -0.15) is 0 Å². The topological polar surface area (TPSA) is 103 Å². The zero-order valence-corrected chi connectivity index (χ0v) is 11.2. The van der Waals surface area contributed by atoms with Gasteiger partial charge in [0.15, 0.2) is 0 Å². The molecule has 20 heavy (non-hydrogen) atoms. The van der Waals surface area contributed by atoms with Crippen LogP contribution in [0.15, 0.2) is 24.7 Å². The highest BCUT2D eigenvalue weighted by atomic mass is 35.5. The van der Waals surface area contributed by atoms with Crippen LogP contribution in [0.4, 0.5) is 11.5 Å². The molecule has 0 unspecified atom stereocenters. The second kappa shape index (κ2) is 6.11. The van der Waals surface area contributed by atoms with Gasteiger partial charge in [-0.15, -0.1) is 0 Å². The molecule has 0 aliphatic carbocycles. The lowest BCUT2D eigenvalue weighted by Gasteiger charge is -2.07. The molecule has 9 heteroatoms. The number of halogens is 1. The Labute approximate surface area is 118 Å². The summed E-state index contributed by atoms with van der Waals surface area (Å²) in [4.78, 5) is 21.7. The lowest BCUT2D eigenvalue weighted by atomic mass is 10.2. The number of pyridine rings is 1. The Bertz CT molecular complexity index is 637. The smallest absolute Gasteiger partial charge is 0.348 e. The van der Waals surface area contributed by atoms with Crippen LogP contribution >= 0.6 is 11.6 Å². The van der Waals surface area contributed by atoms with E-state index in [0.717, 1.165) is 11.9 Å². The number of nitrogens with zero attached hydrogens (tertiary/aromatic N) is 4. The molecule has 0 aliphatic rings. The monoisotopic (exact) mass is 295 g/mol. The molecule has 2 aromatic rings. The highest BCUT2D eigenvalue weighted by Gasteiger charge is 2.21. The Morgan fingerprint density at radius 3 is 2.95 bits per heavy atom. The summed E-state index contributed by atoms with van der Waals surface area (Å²) < 4.78 is 4.99. The first kappa shape index (κ1) is 13.9. The summed E-state index contributed by atoms with van der Waals surface area (Å²) in [5.41, 5.74) is 0.482. The second-order valence-corrected chi connectivity index (χ2v) is 4.04. The van der Waals surface area contributed by atoms with Crippen LogP contribution in [0.3, 0.4) is 0 Å². The number of aromatic nitrogens is 3. The molecular weight excluding hydrogens is 286 g/mol. The van der Waals surface area contributed by atoms with Crippen molar-refractivity contribution in [2.45, 2.75) is 6.54 Å². The number of hydrogen-bond acceptors (Lipinski definition) is 7. The summed E-state index contributed by atoms with van der Waals surface area (Å²) >= 11 is 5.69. The van der Waals surface area contributed by atoms with E-state index in [-0.39, 0.29) is 16.7 Å². The van der Waals surface area contributed by atoms with Gasteiger partial charge in [0.25, 0.3) is 0 Å². The maximum atomic E-state index is 10.9. The van der Waals surface area contributed by atoms with Crippen LogP contribution < -0.4 is 10.1 Å². The van der Waals surface area contributed by atoms with Gasteiger partial charge in [0.1, 0.15) is 6.33 Å². The number of hydrogen-bond donors (Lipinski definition) is 1. The number of nitro groups is 1. The Hall–Kier alpha value is -2.48. The standard InChI is InChI=1S/C11H10ClN5O3/c1-20-8-4-7(2-3-13-8)5-14-11-9(17(18)19)10(12)15-6-16-11/h2-4,6H,5H2,1H3,(H,14,15,16). The van der Waals surface area contributed by atoms with Gasteiger partial charge < -0.3 is 10.1 Å². The van der Waals surface area contributed by atoms with Crippen LogP contribution in [0.2, 0.25) is 5.15 Å². The molecule has 0 radical (unpaired) electrons. The first-order chi connectivity index (χ1) is 9.61. The Morgan fingerprint density at radius 2 is 2.25 bits per heavy atom. The molecule has 0 saturated carbocycles. The zero-order valence-electron chi connectivity index (χ0n) is 10.4. The van der Waals surface area contributed by atoms with Gasteiger partial charge in [-0.05, 0) is 11.6 Å². The lowest BCUT2D eigenvalue weighted by Crippen LogP contribution is -2.06. The third-order valence-electron chi connectivity index (χ3n) is 2.43. The highest BCUT2D eigenvalue weighted by molar-refractivity contribution is 6.31. The van der Waals surface area contributed by atoms with Crippen LogP contribution in [-0.4, -0.2) is 27.0 Å². The Morgan fingerprint density at radius 1 is 1.45 bits per heavy atom. The molecule has 104 valence electrons. The minimum atomic E-state index is -0.627. The first-order valence-corrected chi connectivity index (χ1v) is 5.87. The molecule has 0 aromatic carbocycles. The van der Waals surface area contributed by atoms with Crippen molar-refractivity contribution >= 4 is 23.1 Å². The van der Waals surface area contributed by atoms with Crippen LogP contribution in [0.1, 0.15) is 5.56 Å². The Balaban J connectivity index is 2.18. The van der Waals surface area contributed by atoms with E-state index < -0.39 is 4.92 Å². The quantitative estimate of drug-likeness (QED) is 0.511. The number of anilines is 1. The van der Waals surface area contributed by atoms with Crippen LogP contribution in [0.5, 0.6) is 5.88 Å². The summed E-state index contributed by atoms with van der Waals surface area (Å²) in [5.74, 6) is 0.519. The summed E-state index contributed by atoms with van der Waals surface area (Å²) in [6, 6.07) is 3.46. The van der Waals surface area contributed by atoms with Gasteiger partial charge in [0, 0.05) is 18.8 Å². The molecule has 0 fully saturated rings. The number of ether oxygens (including phenoxy) is 1. The largest absolute Gasteiger partial charge is 0.481 e. The molecule has 0 saturated heterocycles. The predicted molar refractivity (Wildman–Crippen MR) is 71.8 cm³/mol. The van der Waals surface area contributed by atoms with E-state index in [2.05, 4.69) is 20.3 Å². The zero-order chi connectivity index (χ0) is 14.5. The SMILES string of the molecule is COc1cc(CNc2ncnc(Cl)c2[N+](=O)[O-])ccn1. The molecule has 1 N–H and O–H groups in total. The molecule has 2 heterocycles. The molecule has 0 aliphatic heterocycles. The lowest BCUT2D eigenvalue weighted by molar-refractivity contribution is -0.384. The summed E-state index contributed by atoms with van der Waals surface area (Å²) in [6.07, 6.45) is 2.74. The number of nitrogens with one attached hydrogen (secondary N) is 1. The molecule has 0 amide bonds. The molecule has 0 spiro atoms. The second-order valence-electron chi connectivity index (χ2n) is 3.68. The van der Waals surface area contributed by atoms with Crippen molar-refractivity contribution in [3.63, 3.8) is 0 Å². The minimum absolute atomic E-state index is 0.0609. The first-order valence-electron chi connectivity index (χ1n) is 5.49. The minimum Gasteiger partial charge on any atom is -0.481 e. The van der Waals surface area contributed by atoms with E-state index in [1.165, 1.54) is 7.11 Å². The molecule has 2 aromatic heterocycles. The number of methoxy groups -OCH3 is 1. The highest BCUT2D eigenvalue weighted by Crippen LogP contribution is 2.28. The number of rotatable bonds is 5. The molecule has 0 bridgehead atoms. The van der Waals surface area contributed by atoms with Crippen molar-refractivity contribution in [2.75, 3.05) is 12.4 Å². The van der Waals surface area contributed by atoms with Gasteiger partial charge in [-0.1, -0.05) is 11.6 Å². The van der Waals surface area contributed by atoms with Gasteiger partial charge in [0.2, 0.25) is 16.9 Å². The fourth-order valence-corrected chi connectivity index (χ4v) is 1.71. The van der Waals surface area contributed by atoms with Crippen molar-refractivity contribution in [3.05, 3.63) is 45.5 Å². The van der Waals surface area contributed by atoms with Gasteiger partial charge in [-0.25, -0.2) is 15.0 Å². The maximum Gasteiger partial charge on any atom is 0.348 e. The average Bonchev–Trinajstić information content (AvgIpc) is 2.45. The fraction of sp³-hybridized carbons (Fsp3) is 0.182. The van der Waals surface area contributed by atoms with Crippen molar-refractivity contribution in [1.29, 1.82) is 0 Å². The molecular formula is C11H10ClN5O3. The van der Waals surface area contributed by atoms with E-state index in [4.69, 9.17) is 16.3 Å².